The molecule has 0 aliphatic carbocycles. The van der Waals surface area contributed by atoms with Gasteiger partial charge in [-0.15, -0.1) is 0 Å². The molecule has 0 spiro atoms. The molecule has 0 aliphatic rings. The van der Waals surface area contributed by atoms with Crippen LogP contribution in [0.3, 0.4) is 0 Å². The van der Waals surface area contributed by atoms with Crippen LogP contribution in [-0.4, -0.2) is 44.0 Å². The van der Waals surface area contributed by atoms with Crippen molar-refractivity contribution >= 4 is 17.6 Å². The minimum Gasteiger partial charge on any atom is -0.338 e. The molecule has 2 aromatic carbocycles. The summed E-state index contributed by atoms with van der Waals surface area (Å²) in [7, 11) is 3.65. The monoisotopic (exact) mass is 372 g/mol. The van der Waals surface area contributed by atoms with E-state index in [0.717, 1.165) is 11.1 Å². The highest BCUT2D eigenvalue weighted by Gasteiger charge is 2.05. The lowest BCUT2D eigenvalue weighted by Gasteiger charge is -2.12. The van der Waals surface area contributed by atoms with E-state index in [2.05, 4.69) is 16.0 Å². The Labute approximate surface area is 158 Å². The largest absolute Gasteiger partial charge is 0.338 e. The summed E-state index contributed by atoms with van der Waals surface area (Å²) in [4.78, 5) is 25.5. The number of nitrogens with zero attached hydrogens (tertiary/aromatic N) is 1. The third-order valence-corrected chi connectivity index (χ3v) is 3.71. The second-order valence-corrected chi connectivity index (χ2v) is 6.48. The Morgan fingerprint density at radius 3 is 2.48 bits per heavy atom. The number of carbonyl (C=O) groups is 2. The quantitative estimate of drug-likeness (QED) is 0.666. The minimum absolute atomic E-state index is 0.0970. The number of hydrogen-bond acceptors (Lipinski definition) is 3. The molecule has 0 aliphatic heterocycles. The van der Waals surface area contributed by atoms with Crippen LogP contribution >= 0.6 is 0 Å². The standard InChI is InChI=1S/C20H25FN4O2/c1-25(2)14-19(26)24-18-8-4-6-16(12-18)13-23-20(27)22-10-9-15-5-3-7-17(21)11-15/h3-8,11-12H,9-10,13-14H2,1-2H3,(H,24,26)(H2,22,23,27). The zero-order valence-electron chi connectivity index (χ0n) is 15.6. The zero-order valence-corrected chi connectivity index (χ0v) is 15.6. The van der Waals surface area contributed by atoms with Gasteiger partial charge in [-0.2, -0.15) is 0 Å². The number of hydrogen-bond donors (Lipinski definition) is 3. The van der Waals surface area contributed by atoms with E-state index < -0.39 is 0 Å². The molecule has 6 nitrogen and oxygen atoms in total. The molecule has 144 valence electrons. The number of urea groups is 1. The zero-order chi connectivity index (χ0) is 19.6. The average Bonchev–Trinajstić information content (AvgIpc) is 2.59. The molecule has 0 unspecified atom stereocenters. The van der Waals surface area contributed by atoms with Crippen molar-refractivity contribution in [1.82, 2.24) is 15.5 Å². The lowest BCUT2D eigenvalue weighted by Crippen LogP contribution is -2.36. The van der Waals surface area contributed by atoms with Gasteiger partial charge in [0.1, 0.15) is 5.82 Å². The number of benzene rings is 2. The van der Waals surface area contributed by atoms with Crippen molar-refractivity contribution in [3.8, 4) is 0 Å². The van der Waals surface area contributed by atoms with Crippen LogP contribution in [0.5, 0.6) is 0 Å². The molecular weight excluding hydrogens is 347 g/mol. The van der Waals surface area contributed by atoms with Gasteiger partial charge in [0, 0.05) is 18.8 Å². The molecule has 0 heterocycles. The summed E-state index contributed by atoms with van der Waals surface area (Å²) in [5.74, 6) is -0.380. The summed E-state index contributed by atoms with van der Waals surface area (Å²) in [6, 6.07) is 13.3. The third-order valence-electron chi connectivity index (χ3n) is 3.71. The van der Waals surface area contributed by atoms with Crippen LogP contribution in [0.25, 0.3) is 0 Å². The first kappa shape index (κ1) is 20.4. The lowest BCUT2D eigenvalue weighted by molar-refractivity contribution is -0.116. The van der Waals surface area contributed by atoms with Gasteiger partial charge >= 0.3 is 6.03 Å². The molecule has 3 amide bonds. The second-order valence-electron chi connectivity index (χ2n) is 6.48. The van der Waals surface area contributed by atoms with Crippen molar-refractivity contribution in [2.45, 2.75) is 13.0 Å². The highest BCUT2D eigenvalue weighted by molar-refractivity contribution is 5.92. The van der Waals surface area contributed by atoms with Crippen molar-refractivity contribution in [1.29, 1.82) is 0 Å². The summed E-state index contributed by atoms with van der Waals surface area (Å²) in [6.45, 7) is 1.05. The molecule has 0 bridgehead atoms. The van der Waals surface area contributed by atoms with Gasteiger partial charge in [0.05, 0.1) is 6.54 Å². The number of halogens is 1. The maximum Gasteiger partial charge on any atom is 0.315 e. The first-order chi connectivity index (χ1) is 12.9. The van der Waals surface area contributed by atoms with Crippen LogP contribution in [0.4, 0.5) is 14.9 Å². The molecule has 0 saturated heterocycles. The van der Waals surface area contributed by atoms with E-state index >= 15 is 0 Å². The Kier molecular flexibility index (Phi) is 7.76. The van der Waals surface area contributed by atoms with Gasteiger partial charge in [0.2, 0.25) is 5.91 Å². The lowest BCUT2D eigenvalue weighted by atomic mass is 10.1. The number of carbonyl (C=O) groups excluding carboxylic acids is 2. The first-order valence-electron chi connectivity index (χ1n) is 8.72. The topological polar surface area (TPSA) is 73.5 Å². The first-order valence-corrected chi connectivity index (χ1v) is 8.72. The molecule has 2 aromatic rings. The van der Waals surface area contributed by atoms with E-state index in [0.29, 0.717) is 31.7 Å². The van der Waals surface area contributed by atoms with E-state index in [9.17, 15) is 14.0 Å². The Balaban J connectivity index is 1.74. The molecule has 7 heteroatoms. The number of nitrogens with one attached hydrogen (secondary N) is 3. The second kappa shape index (κ2) is 10.3. The van der Waals surface area contributed by atoms with E-state index in [1.54, 1.807) is 17.0 Å². The number of likely N-dealkylation sites (N-methyl/N-ethyl adjacent to an activating group) is 1. The van der Waals surface area contributed by atoms with Gasteiger partial charge in [-0.25, -0.2) is 9.18 Å². The van der Waals surface area contributed by atoms with Gasteiger partial charge < -0.3 is 20.9 Å². The summed E-state index contributed by atoms with van der Waals surface area (Å²) in [5, 5.41) is 8.32. The summed E-state index contributed by atoms with van der Waals surface area (Å²) in [6.07, 6.45) is 0.554. The fraction of sp³-hybridized carbons (Fsp3) is 0.300. The van der Waals surface area contributed by atoms with E-state index in [4.69, 9.17) is 0 Å². The third kappa shape index (κ3) is 7.87. The van der Waals surface area contributed by atoms with Crippen molar-refractivity contribution in [2.24, 2.45) is 0 Å². The number of amides is 3. The fourth-order valence-electron chi connectivity index (χ4n) is 2.50. The Morgan fingerprint density at radius 1 is 1.00 bits per heavy atom. The molecule has 0 saturated carbocycles. The Hall–Kier alpha value is -2.93. The van der Waals surface area contributed by atoms with Crippen LogP contribution in [-0.2, 0) is 17.8 Å². The molecule has 3 N–H and O–H groups in total. The SMILES string of the molecule is CN(C)CC(=O)Nc1cccc(CNC(=O)NCCc2cccc(F)c2)c1. The molecule has 0 aromatic heterocycles. The minimum atomic E-state index is -0.298. The maximum absolute atomic E-state index is 13.1. The van der Waals surface area contributed by atoms with Crippen LogP contribution in [0, 0.1) is 5.82 Å². The highest BCUT2D eigenvalue weighted by atomic mass is 19.1. The van der Waals surface area contributed by atoms with E-state index in [1.807, 2.05) is 38.4 Å². The van der Waals surface area contributed by atoms with Crippen LogP contribution in [0.2, 0.25) is 0 Å². The molecular formula is C20H25FN4O2. The van der Waals surface area contributed by atoms with E-state index in [-0.39, 0.29) is 17.8 Å². The maximum atomic E-state index is 13.1. The molecule has 0 fully saturated rings. The van der Waals surface area contributed by atoms with Gasteiger partial charge in [0.15, 0.2) is 0 Å². The van der Waals surface area contributed by atoms with Crippen LogP contribution in [0.15, 0.2) is 48.5 Å². The van der Waals surface area contributed by atoms with Gasteiger partial charge in [-0.1, -0.05) is 24.3 Å². The summed E-state index contributed by atoms with van der Waals surface area (Å²) >= 11 is 0. The van der Waals surface area contributed by atoms with Crippen molar-refractivity contribution in [3.05, 3.63) is 65.5 Å². The Morgan fingerprint density at radius 2 is 1.74 bits per heavy atom. The van der Waals surface area contributed by atoms with Gasteiger partial charge in [0.25, 0.3) is 0 Å². The normalized spacial score (nSPS) is 10.5. The molecule has 0 atom stereocenters. The molecule has 2 rings (SSSR count). The molecule has 0 radical (unpaired) electrons. The predicted octanol–water partition coefficient (Wildman–Crippen LogP) is 2.37. The van der Waals surface area contributed by atoms with Gasteiger partial charge in [-0.05, 0) is 55.9 Å². The van der Waals surface area contributed by atoms with Crippen molar-refractivity contribution in [2.75, 3.05) is 32.5 Å². The van der Waals surface area contributed by atoms with Gasteiger partial charge in [-0.3, -0.25) is 4.79 Å². The smallest absolute Gasteiger partial charge is 0.315 e. The number of rotatable bonds is 8. The van der Waals surface area contributed by atoms with E-state index in [1.165, 1.54) is 12.1 Å². The average molecular weight is 372 g/mol. The highest BCUT2D eigenvalue weighted by Crippen LogP contribution is 2.10. The van der Waals surface area contributed by atoms with Crippen molar-refractivity contribution < 1.29 is 14.0 Å². The molecule has 27 heavy (non-hydrogen) atoms. The summed E-state index contributed by atoms with van der Waals surface area (Å²) in [5.41, 5.74) is 2.39. The predicted molar refractivity (Wildman–Crippen MR) is 104 cm³/mol. The summed E-state index contributed by atoms with van der Waals surface area (Å²) < 4.78 is 13.1. The number of anilines is 1. The van der Waals surface area contributed by atoms with Crippen LogP contribution in [0.1, 0.15) is 11.1 Å². The Bertz CT molecular complexity index is 780. The van der Waals surface area contributed by atoms with Crippen molar-refractivity contribution in [3.63, 3.8) is 0 Å². The van der Waals surface area contributed by atoms with Crippen LogP contribution < -0.4 is 16.0 Å². The fourth-order valence-corrected chi connectivity index (χ4v) is 2.50.